The second kappa shape index (κ2) is 9.16. The van der Waals surface area contributed by atoms with Crippen molar-refractivity contribution >= 4 is 28.9 Å². The van der Waals surface area contributed by atoms with Crippen molar-refractivity contribution in [1.29, 1.82) is 0 Å². The fourth-order valence-electron chi connectivity index (χ4n) is 5.20. The summed E-state index contributed by atoms with van der Waals surface area (Å²) in [4.78, 5) is 7.87. The molecule has 2 unspecified atom stereocenters. The van der Waals surface area contributed by atoms with E-state index < -0.39 is 0 Å². The maximum Gasteiger partial charge on any atom is 0.0639 e. The Labute approximate surface area is 194 Å². The molecule has 0 radical (unpaired) electrons. The van der Waals surface area contributed by atoms with E-state index in [1.165, 1.54) is 35.2 Å². The molecule has 4 heteroatoms. The summed E-state index contributed by atoms with van der Waals surface area (Å²) in [6, 6.07) is 27.7. The van der Waals surface area contributed by atoms with Crippen molar-refractivity contribution in [3.8, 4) is 0 Å². The zero-order valence-electron chi connectivity index (χ0n) is 17.4. The quantitative estimate of drug-likeness (QED) is 0.416. The Morgan fingerprint density at radius 1 is 0.806 bits per heavy atom. The molecule has 2 nitrogen and oxygen atoms in total. The van der Waals surface area contributed by atoms with Gasteiger partial charge in [0.1, 0.15) is 0 Å². The maximum absolute atomic E-state index is 6.47. The first kappa shape index (κ1) is 20.8. The second-order valence-corrected chi connectivity index (χ2v) is 9.36. The first-order chi connectivity index (χ1) is 15.2. The molecular formula is C27H26Cl2N2. The van der Waals surface area contributed by atoms with Crippen molar-refractivity contribution in [1.82, 2.24) is 4.90 Å². The summed E-state index contributed by atoms with van der Waals surface area (Å²) >= 11 is 12.7. The van der Waals surface area contributed by atoms with Crippen LogP contribution in [0.2, 0.25) is 10.0 Å². The molecule has 31 heavy (non-hydrogen) atoms. The van der Waals surface area contributed by atoms with E-state index in [9.17, 15) is 0 Å². The summed E-state index contributed by atoms with van der Waals surface area (Å²) in [5, 5.41) is 1.21. The molecule has 0 N–H and O–H groups in total. The van der Waals surface area contributed by atoms with Crippen molar-refractivity contribution in [3.63, 3.8) is 0 Å². The van der Waals surface area contributed by atoms with Gasteiger partial charge in [-0.05, 0) is 54.8 Å². The topological polar surface area (TPSA) is 15.6 Å². The number of benzene rings is 3. The summed E-state index contributed by atoms with van der Waals surface area (Å²) in [6.45, 7) is 2.99. The SMILES string of the molecule is Clc1ccc(C(c2ccccc2)C2C(=NCc3ccccc3)C3CCN2CC3)cc1Cl. The highest BCUT2D eigenvalue weighted by atomic mass is 35.5. The first-order valence-electron chi connectivity index (χ1n) is 11.0. The van der Waals surface area contributed by atoms with Crippen LogP contribution in [0, 0.1) is 5.92 Å². The van der Waals surface area contributed by atoms with Crippen LogP contribution in [0.4, 0.5) is 0 Å². The predicted octanol–water partition coefficient (Wildman–Crippen LogP) is 6.86. The lowest BCUT2D eigenvalue weighted by atomic mass is 9.72. The van der Waals surface area contributed by atoms with Crippen LogP contribution in [-0.4, -0.2) is 29.7 Å². The van der Waals surface area contributed by atoms with Gasteiger partial charge in [-0.2, -0.15) is 0 Å². The van der Waals surface area contributed by atoms with Gasteiger partial charge in [-0.25, -0.2) is 0 Å². The molecule has 3 aliphatic rings. The number of nitrogens with zero attached hydrogens (tertiary/aromatic N) is 2. The van der Waals surface area contributed by atoms with E-state index in [1.54, 1.807) is 0 Å². The lowest BCUT2D eigenvalue weighted by Gasteiger charge is -2.49. The van der Waals surface area contributed by atoms with Gasteiger partial charge < -0.3 is 0 Å². The number of hydrogen-bond donors (Lipinski definition) is 0. The highest BCUT2D eigenvalue weighted by Gasteiger charge is 2.44. The molecule has 0 spiro atoms. The van der Waals surface area contributed by atoms with E-state index in [0.29, 0.717) is 16.0 Å². The molecule has 2 bridgehead atoms. The molecule has 3 aliphatic heterocycles. The number of hydrogen-bond acceptors (Lipinski definition) is 2. The molecule has 0 amide bonds. The molecule has 3 aromatic carbocycles. The van der Waals surface area contributed by atoms with Gasteiger partial charge >= 0.3 is 0 Å². The number of aliphatic imine (C=N–C) groups is 1. The number of fused-ring (bicyclic) bond motifs is 3. The Bertz CT molecular complexity index is 1060. The molecule has 3 aromatic rings. The van der Waals surface area contributed by atoms with E-state index in [-0.39, 0.29) is 12.0 Å². The van der Waals surface area contributed by atoms with Gasteiger partial charge in [0.25, 0.3) is 0 Å². The van der Waals surface area contributed by atoms with Gasteiger partial charge in [-0.1, -0.05) is 89.9 Å². The third kappa shape index (κ3) is 4.30. The van der Waals surface area contributed by atoms with Crippen LogP contribution >= 0.6 is 23.2 Å². The van der Waals surface area contributed by atoms with Gasteiger partial charge in [-0.3, -0.25) is 9.89 Å². The highest BCUT2D eigenvalue weighted by Crippen LogP contribution is 2.41. The van der Waals surface area contributed by atoms with Crippen molar-refractivity contribution in [2.24, 2.45) is 10.9 Å². The minimum Gasteiger partial charge on any atom is -0.294 e. The van der Waals surface area contributed by atoms with Gasteiger partial charge in [0, 0.05) is 17.5 Å². The predicted molar refractivity (Wildman–Crippen MR) is 130 cm³/mol. The fraction of sp³-hybridized carbons (Fsp3) is 0.296. The minimum atomic E-state index is 0.175. The molecule has 6 rings (SSSR count). The lowest BCUT2D eigenvalue weighted by molar-refractivity contribution is 0.135. The van der Waals surface area contributed by atoms with Crippen LogP contribution in [0.15, 0.2) is 83.9 Å². The van der Waals surface area contributed by atoms with Crippen molar-refractivity contribution in [3.05, 3.63) is 106 Å². The number of rotatable bonds is 5. The van der Waals surface area contributed by atoms with Gasteiger partial charge in [0.2, 0.25) is 0 Å². The van der Waals surface area contributed by atoms with Gasteiger partial charge in [0.15, 0.2) is 0 Å². The fourth-order valence-corrected chi connectivity index (χ4v) is 5.50. The van der Waals surface area contributed by atoms with Crippen LogP contribution in [0.5, 0.6) is 0 Å². The van der Waals surface area contributed by atoms with Crippen molar-refractivity contribution in [2.45, 2.75) is 31.3 Å². The Hall–Kier alpha value is -2.13. The first-order valence-corrected chi connectivity index (χ1v) is 11.8. The smallest absolute Gasteiger partial charge is 0.0639 e. The molecule has 3 saturated heterocycles. The summed E-state index contributed by atoms with van der Waals surface area (Å²) in [5.41, 5.74) is 5.11. The van der Waals surface area contributed by atoms with E-state index in [1.807, 2.05) is 12.1 Å². The monoisotopic (exact) mass is 448 g/mol. The van der Waals surface area contributed by atoms with E-state index in [0.717, 1.165) is 19.6 Å². The largest absolute Gasteiger partial charge is 0.294 e. The molecule has 0 aromatic heterocycles. The van der Waals surface area contributed by atoms with Crippen molar-refractivity contribution < 1.29 is 0 Å². The average Bonchev–Trinajstić information content (AvgIpc) is 2.83. The van der Waals surface area contributed by atoms with Crippen LogP contribution < -0.4 is 0 Å². The molecule has 3 fully saturated rings. The number of halogens is 2. The van der Waals surface area contributed by atoms with Crippen molar-refractivity contribution in [2.75, 3.05) is 13.1 Å². The normalized spacial score (nSPS) is 25.0. The van der Waals surface area contributed by atoms with E-state index in [2.05, 4.69) is 71.6 Å². The lowest BCUT2D eigenvalue weighted by Crippen LogP contribution is -2.58. The zero-order chi connectivity index (χ0) is 21.2. The average molecular weight is 449 g/mol. The van der Waals surface area contributed by atoms with Gasteiger partial charge in [0.05, 0.1) is 22.6 Å². The summed E-state index contributed by atoms with van der Waals surface area (Å²) < 4.78 is 0. The summed E-state index contributed by atoms with van der Waals surface area (Å²) in [7, 11) is 0. The summed E-state index contributed by atoms with van der Waals surface area (Å²) in [6.07, 6.45) is 2.40. The Morgan fingerprint density at radius 2 is 1.48 bits per heavy atom. The third-order valence-corrected chi connectivity index (χ3v) is 7.45. The Morgan fingerprint density at radius 3 is 2.16 bits per heavy atom. The second-order valence-electron chi connectivity index (χ2n) is 8.54. The third-order valence-electron chi connectivity index (χ3n) is 6.71. The molecule has 158 valence electrons. The van der Waals surface area contributed by atoms with E-state index in [4.69, 9.17) is 28.2 Å². The Balaban J connectivity index is 1.59. The number of piperidine rings is 3. The highest BCUT2D eigenvalue weighted by molar-refractivity contribution is 6.42. The molecular weight excluding hydrogens is 423 g/mol. The van der Waals surface area contributed by atoms with Gasteiger partial charge in [-0.15, -0.1) is 0 Å². The van der Waals surface area contributed by atoms with Crippen LogP contribution in [-0.2, 0) is 6.54 Å². The molecule has 3 heterocycles. The van der Waals surface area contributed by atoms with Crippen LogP contribution in [0.1, 0.15) is 35.4 Å². The van der Waals surface area contributed by atoms with Crippen LogP contribution in [0.3, 0.4) is 0 Å². The standard InChI is InChI=1S/C27H26Cl2N2/c28-23-12-11-22(17-24(23)29)25(20-9-5-2-6-10-20)27-26(21-13-15-31(27)16-14-21)30-18-19-7-3-1-4-8-19/h1-12,17,21,25,27H,13-16,18H2. The molecule has 0 saturated carbocycles. The Kier molecular flexibility index (Phi) is 6.13. The van der Waals surface area contributed by atoms with Crippen LogP contribution in [0.25, 0.3) is 0 Å². The molecule has 0 aliphatic carbocycles. The zero-order valence-corrected chi connectivity index (χ0v) is 18.9. The minimum absolute atomic E-state index is 0.175. The molecule has 2 atom stereocenters. The van der Waals surface area contributed by atoms with E-state index >= 15 is 0 Å². The maximum atomic E-state index is 6.47. The summed E-state index contributed by atoms with van der Waals surface area (Å²) in [5.74, 6) is 0.737.